The Kier molecular flexibility index (Phi) is 4.69. The molecule has 0 amide bonds. The minimum absolute atomic E-state index is 0.123. The van der Waals surface area contributed by atoms with Gasteiger partial charge in [-0.2, -0.15) is 0 Å². The number of thiophene rings is 1. The van der Waals surface area contributed by atoms with Crippen LogP contribution in [0.5, 0.6) is 0 Å². The maximum atomic E-state index is 12.0. The number of methoxy groups -OCH3 is 1. The molecule has 0 saturated heterocycles. The Balaban J connectivity index is 2.21. The molecule has 0 atom stereocenters. The Morgan fingerprint density at radius 3 is 2.92 bits per heavy atom. The third-order valence-electron chi connectivity index (χ3n) is 4.45. The minimum atomic E-state index is -0.886. The number of carbonyl (C=O) groups is 1. The Bertz CT molecular complexity index is 798. The molecule has 0 radical (unpaired) electrons. The van der Waals surface area contributed by atoms with E-state index in [0.29, 0.717) is 22.9 Å². The second-order valence-electron chi connectivity index (χ2n) is 6.93. The van der Waals surface area contributed by atoms with Crippen LogP contribution in [0.4, 0.5) is 0 Å². The van der Waals surface area contributed by atoms with Gasteiger partial charge in [0.25, 0.3) is 0 Å². The van der Waals surface area contributed by atoms with Crippen LogP contribution < -0.4 is 0 Å². The summed E-state index contributed by atoms with van der Waals surface area (Å²) in [5, 5.41) is 10.3. The number of nitrogens with zero attached hydrogens (tertiary/aromatic N) is 1. The molecule has 128 valence electrons. The van der Waals surface area contributed by atoms with Crippen molar-refractivity contribution in [1.82, 2.24) is 4.98 Å². The molecule has 2 heterocycles. The van der Waals surface area contributed by atoms with Gasteiger partial charge in [-0.05, 0) is 36.3 Å². The standard InChI is InChI=1S/C18H20ClNO3S/c1-18(2)5-4-14-12(7-18)15(17(21)22)16(24-14)11-6-10(19)8-20-13(11)9-23-3/h6,8H,4-5,7,9H2,1-3H3,(H,21,22). The molecule has 0 unspecified atom stereocenters. The Labute approximate surface area is 150 Å². The molecule has 2 aromatic heterocycles. The van der Waals surface area contributed by atoms with Gasteiger partial charge in [-0.1, -0.05) is 25.4 Å². The van der Waals surface area contributed by atoms with Gasteiger partial charge in [-0.25, -0.2) is 4.79 Å². The first-order valence-corrected chi connectivity index (χ1v) is 9.03. The second-order valence-corrected chi connectivity index (χ2v) is 8.48. The number of ether oxygens (including phenoxy) is 1. The normalized spacial score (nSPS) is 16.0. The maximum absolute atomic E-state index is 12.0. The maximum Gasteiger partial charge on any atom is 0.337 e. The number of aromatic carboxylic acids is 1. The SMILES string of the molecule is COCc1ncc(Cl)cc1-c1sc2c(c1C(=O)O)CC(C)(C)CC2. The van der Waals surface area contributed by atoms with Crippen molar-refractivity contribution in [1.29, 1.82) is 0 Å². The number of halogens is 1. The Morgan fingerprint density at radius 2 is 2.25 bits per heavy atom. The zero-order valence-electron chi connectivity index (χ0n) is 14.0. The molecule has 0 aliphatic heterocycles. The summed E-state index contributed by atoms with van der Waals surface area (Å²) in [5.41, 5.74) is 2.98. The van der Waals surface area contributed by atoms with Gasteiger partial charge in [-0.3, -0.25) is 4.98 Å². The molecule has 1 N–H and O–H groups in total. The highest BCUT2D eigenvalue weighted by molar-refractivity contribution is 7.16. The zero-order valence-corrected chi connectivity index (χ0v) is 15.6. The molecule has 0 fully saturated rings. The summed E-state index contributed by atoms with van der Waals surface area (Å²) < 4.78 is 5.22. The quantitative estimate of drug-likeness (QED) is 0.843. The Morgan fingerprint density at radius 1 is 1.50 bits per heavy atom. The number of fused-ring (bicyclic) bond motifs is 1. The van der Waals surface area contributed by atoms with Crippen LogP contribution in [-0.4, -0.2) is 23.2 Å². The van der Waals surface area contributed by atoms with Gasteiger partial charge in [0.1, 0.15) is 0 Å². The van der Waals surface area contributed by atoms with E-state index in [-0.39, 0.29) is 5.41 Å². The highest BCUT2D eigenvalue weighted by Crippen LogP contribution is 2.45. The van der Waals surface area contributed by atoms with E-state index in [4.69, 9.17) is 16.3 Å². The summed E-state index contributed by atoms with van der Waals surface area (Å²) in [4.78, 5) is 18.3. The number of hydrogen-bond acceptors (Lipinski definition) is 4. The van der Waals surface area contributed by atoms with Gasteiger partial charge in [-0.15, -0.1) is 11.3 Å². The highest BCUT2D eigenvalue weighted by Gasteiger charge is 2.33. The van der Waals surface area contributed by atoms with E-state index in [0.717, 1.165) is 35.3 Å². The summed E-state index contributed by atoms with van der Waals surface area (Å²) in [6.07, 6.45) is 4.34. The topological polar surface area (TPSA) is 59.4 Å². The number of pyridine rings is 1. The summed E-state index contributed by atoms with van der Waals surface area (Å²) in [5.74, 6) is -0.886. The summed E-state index contributed by atoms with van der Waals surface area (Å²) in [7, 11) is 1.60. The molecule has 3 rings (SSSR count). The lowest BCUT2D eigenvalue weighted by molar-refractivity contribution is 0.0696. The van der Waals surface area contributed by atoms with Crippen molar-refractivity contribution in [2.45, 2.75) is 39.7 Å². The number of aryl methyl sites for hydroxylation is 1. The summed E-state index contributed by atoms with van der Waals surface area (Å²) >= 11 is 7.68. The van der Waals surface area contributed by atoms with Crippen molar-refractivity contribution in [2.75, 3.05) is 7.11 Å². The first-order valence-electron chi connectivity index (χ1n) is 7.84. The van der Waals surface area contributed by atoms with E-state index >= 15 is 0 Å². The van der Waals surface area contributed by atoms with E-state index in [1.165, 1.54) is 4.88 Å². The average molecular weight is 366 g/mol. The third kappa shape index (κ3) is 3.21. The van der Waals surface area contributed by atoms with Crippen LogP contribution in [0.3, 0.4) is 0 Å². The fraction of sp³-hybridized carbons (Fsp3) is 0.444. The second kappa shape index (κ2) is 6.47. The molecule has 0 spiro atoms. The molecule has 0 saturated carbocycles. The lowest BCUT2D eigenvalue weighted by Gasteiger charge is -2.29. The van der Waals surface area contributed by atoms with Gasteiger partial charge >= 0.3 is 5.97 Å². The van der Waals surface area contributed by atoms with Gasteiger partial charge in [0.05, 0.1) is 27.8 Å². The van der Waals surface area contributed by atoms with Gasteiger partial charge < -0.3 is 9.84 Å². The van der Waals surface area contributed by atoms with Crippen molar-refractivity contribution in [3.05, 3.63) is 39.0 Å². The molecular formula is C18H20ClNO3S. The van der Waals surface area contributed by atoms with Crippen LogP contribution in [0.2, 0.25) is 5.02 Å². The smallest absolute Gasteiger partial charge is 0.337 e. The van der Waals surface area contributed by atoms with Gasteiger partial charge in [0, 0.05) is 23.7 Å². The van der Waals surface area contributed by atoms with Crippen LogP contribution >= 0.6 is 22.9 Å². The van der Waals surface area contributed by atoms with E-state index in [2.05, 4.69) is 18.8 Å². The first kappa shape index (κ1) is 17.4. The fourth-order valence-electron chi connectivity index (χ4n) is 3.25. The van der Waals surface area contributed by atoms with Crippen LogP contribution in [0.1, 0.15) is 46.8 Å². The van der Waals surface area contributed by atoms with Crippen molar-refractivity contribution in [3.63, 3.8) is 0 Å². The van der Waals surface area contributed by atoms with Gasteiger partial charge in [0.15, 0.2) is 0 Å². The number of carboxylic acid groups (broad SMARTS) is 1. The zero-order chi connectivity index (χ0) is 17.5. The number of carboxylic acids is 1. The lowest BCUT2D eigenvalue weighted by atomic mass is 9.76. The average Bonchev–Trinajstić information content (AvgIpc) is 2.86. The van der Waals surface area contributed by atoms with Crippen LogP contribution in [0, 0.1) is 5.41 Å². The molecule has 2 aromatic rings. The van der Waals surface area contributed by atoms with E-state index in [1.54, 1.807) is 30.7 Å². The first-order chi connectivity index (χ1) is 11.3. The third-order valence-corrected chi connectivity index (χ3v) is 5.98. The predicted octanol–water partition coefficient (Wildman–Crippen LogP) is 4.82. The molecule has 4 nitrogen and oxygen atoms in total. The molecule has 24 heavy (non-hydrogen) atoms. The minimum Gasteiger partial charge on any atom is -0.478 e. The molecule has 0 bridgehead atoms. The van der Waals surface area contributed by atoms with Crippen LogP contribution in [0.15, 0.2) is 12.3 Å². The molecule has 1 aliphatic rings. The van der Waals surface area contributed by atoms with E-state index in [1.807, 2.05) is 0 Å². The van der Waals surface area contributed by atoms with E-state index in [9.17, 15) is 9.90 Å². The largest absolute Gasteiger partial charge is 0.478 e. The molecule has 6 heteroatoms. The van der Waals surface area contributed by atoms with Crippen molar-refractivity contribution >= 4 is 28.9 Å². The van der Waals surface area contributed by atoms with Crippen LogP contribution in [-0.2, 0) is 24.2 Å². The van der Waals surface area contributed by atoms with Crippen LogP contribution in [0.25, 0.3) is 10.4 Å². The predicted molar refractivity (Wildman–Crippen MR) is 96.0 cm³/mol. The van der Waals surface area contributed by atoms with Crippen molar-refractivity contribution in [3.8, 4) is 10.4 Å². The lowest BCUT2D eigenvalue weighted by Crippen LogP contribution is -2.22. The monoisotopic (exact) mass is 365 g/mol. The Hall–Kier alpha value is -1.43. The van der Waals surface area contributed by atoms with Crippen molar-refractivity contribution < 1.29 is 14.6 Å². The number of aromatic nitrogens is 1. The summed E-state index contributed by atoms with van der Waals surface area (Å²) in [6.45, 7) is 4.70. The number of hydrogen-bond donors (Lipinski definition) is 1. The van der Waals surface area contributed by atoms with Gasteiger partial charge in [0.2, 0.25) is 0 Å². The molecule has 1 aliphatic carbocycles. The molecular weight excluding hydrogens is 346 g/mol. The molecule has 0 aromatic carbocycles. The fourth-order valence-corrected chi connectivity index (χ4v) is 4.76. The summed E-state index contributed by atoms with van der Waals surface area (Å²) in [6, 6.07) is 1.79. The number of rotatable bonds is 4. The van der Waals surface area contributed by atoms with E-state index < -0.39 is 5.97 Å². The van der Waals surface area contributed by atoms with Crippen molar-refractivity contribution in [2.24, 2.45) is 5.41 Å². The highest BCUT2D eigenvalue weighted by atomic mass is 35.5.